The van der Waals surface area contributed by atoms with E-state index < -0.39 is 10.1 Å². The van der Waals surface area contributed by atoms with Gasteiger partial charge in [0, 0.05) is 0 Å². The molecule has 0 aromatic rings. The normalized spacial score (nSPS) is 12.2. The third-order valence-corrected chi connectivity index (χ3v) is 2.10. The van der Waals surface area contributed by atoms with Gasteiger partial charge in [0.05, 0.1) is 5.75 Å². The van der Waals surface area contributed by atoms with Crippen LogP contribution in [0.25, 0.3) is 0 Å². The van der Waals surface area contributed by atoms with Crippen LogP contribution in [0.15, 0.2) is 12.3 Å². The Labute approximate surface area is 61.8 Å². The first-order valence-electron chi connectivity index (χ1n) is 3.14. The summed E-state index contributed by atoms with van der Waals surface area (Å²) in [5, 5.41) is 0. The first kappa shape index (κ1) is 9.49. The summed E-state index contributed by atoms with van der Waals surface area (Å²) in [4.78, 5) is 0. The lowest BCUT2D eigenvalue weighted by Gasteiger charge is -1.98. The van der Waals surface area contributed by atoms with E-state index in [1.54, 1.807) is 13.8 Å². The number of hydrogen-bond donors (Lipinski definition) is 0. The fraction of sp³-hybridized carbons (Fsp3) is 0.667. The number of hydrogen-bond acceptors (Lipinski definition) is 3. The van der Waals surface area contributed by atoms with E-state index in [1.165, 1.54) is 12.3 Å². The quantitative estimate of drug-likeness (QED) is 0.464. The second-order valence-electron chi connectivity index (χ2n) is 1.83. The molecule has 0 bridgehead atoms. The standard InChI is InChI=1S/C6H12O3S/c1-3-5-9-10(7,8)6-4-2/h3,5H,4,6H2,1-2H3/b5-3+. The lowest BCUT2D eigenvalue weighted by molar-refractivity contribution is 0.442. The Balaban J connectivity index is 3.89. The zero-order valence-corrected chi connectivity index (χ0v) is 7.02. The van der Waals surface area contributed by atoms with Gasteiger partial charge in [-0.2, -0.15) is 8.42 Å². The largest absolute Gasteiger partial charge is 0.391 e. The molecule has 0 saturated carbocycles. The summed E-state index contributed by atoms with van der Waals surface area (Å²) in [7, 11) is -3.28. The molecule has 0 aromatic carbocycles. The molecule has 10 heavy (non-hydrogen) atoms. The Morgan fingerprint density at radius 3 is 2.50 bits per heavy atom. The molecule has 3 nitrogen and oxygen atoms in total. The topological polar surface area (TPSA) is 43.4 Å². The lowest BCUT2D eigenvalue weighted by atomic mass is 10.6. The first-order chi connectivity index (χ1) is 4.62. The molecular formula is C6H12O3S. The molecule has 0 atom stereocenters. The van der Waals surface area contributed by atoms with Crippen molar-refractivity contribution in [1.82, 2.24) is 0 Å². The summed E-state index contributed by atoms with van der Waals surface area (Å²) in [5.74, 6) is 0.0807. The number of rotatable bonds is 4. The molecule has 0 aromatic heterocycles. The maximum atomic E-state index is 10.7. The predicted octanol–water partition coefficient (Wildman–Crippen LogP) is 1.28. The second kappa shape index (κ2) is 4.33. The van der Waals surface area contributed by atoms with Gasteiger partial charge in [-0.15, -0.1) is 0 Å². The maximum absolute atomic E-state index is 10.7. The Morgan fingerprint density at radius 1 is 1.50 bits per heavy atom. The van der Waals surface area contributed by atoms with Gasteiger partial charge in [0.25, 0.3) is 0 Å². The van der Waals surface area contributed by atoms with Crippen molar-refractivity contribution in [2.45, 2.75) is 20.3 Å². The molecule has 0 aliphatic rings. The van der Waals surface area contributed by atoms with Gasteiger partial charge in [0.1, 0.15) is 6.26 Å². The Morgan fingerprint density at radius 2 is 2.10 bits per heavy atom. The van der Waals surface area contributed by atoms with Crippen LogP contribution in [0.2, 0.25) is 0 Å². The highest BCUT2D eigenvalue weighted by molar-refractivity contribution is 7.86. The highest BCUT2D eigenvalue weighted by Gasteiger charge is 2.05. The summed E-state index contributed by atoms with van der Waals surface area (Å²) >= 11 is 0. The summed E-state index contributed by atoms with van der Waals surface area (Å²) in [6, 6.07) is 0. The van der Waals surface area contributed by atoms with Crippen LogP contribution < -0.4 is 0 Å². The van der Waals surface area contributed by atoms with E-state index in [1.807, 2.05) is 0 Å². The van der Waals surface area contributed by atoms with Crippen molar-refractivity contribution in [3.63, 3.8) is 0 Å². The van der Waals surface area contributed by atoms with Gasteiger partial charge >= 0.3 is 10.1 Å². The highest BCUT2D eigenvalue weighted by Crippen LogP contribution is 1.95. The van der Waals surface area contributed by atoms with Crippen molar-refractivity contribution >= 4 is 10.1 Å². The molecule has 0 rings (SSSR count). The van der Waals surface area contributed by atoms with Crippen LogP contribution in [0, 0.1) is 0 Å². The molecule has 0 saturated heterocycles. The van der Waals surface area contributed by atoms with E-state index in [9.17, 15) is 8.42 Å². The minimum absolute atomic E-state index is 0.0807. The van der Waals surface area contributed by atoms with Gasteiger partial charge in [0.15, 0.2) is 0 Å². The minimum Gasteiger partial charge on any atom is -0.391 e. The second-order valence-corrected chi connectivity index (χ2v) is 3.54. The van der Waals surface area contributed by atoms with Crippen molar-refractivity contribution in [1.29, 1.82) is 0 Å². The summed E-state index contributed by atoms with van der Waals surface area (Å²) in [5.41, 5.74) is 0. The average molecular weight is 164 g/mol. The SMILES string of the molecule is C/C=C/OS(=O)(=O)CCC. The Kier molecular flexibility index (Phi) is 4.11. The van der Waals surface area contributed by atoms with Crippen molar-refractivity contribution < 1.29 is 12.6 Å². The van der Waals surface area contributed by atoms with Gasteiger partial charge in [-0.25, -0.2) is 0 Å². The predicted molar refractivity (Wildman–Crippen MR) is 40.0 cm³/mol. The third-order valence-electron chi connectivity index (χ3n) is 0.792. The van der Waals surface area contributed by atoms with Crippen LogP contribution in [0.4, 0.5) is 0 Å². The first-order valence-corrected chi connectivity index (χ1v) is 4.72. The van der Waals surface area contributed by atoms with Crippen LogP contribution >= 0.6 is 0 Å². The van der Waals surface area contributed by atoms with Crippen LogP contribution in [0.1, 0.15) is 20.3 Å². The van der Waals surface area contributed by atoms with Gasteiger partial charge in [-0.3, -0.25) is 0 Å². The smallest absolute Gasteiger partial charge is 0.308 e. The van der Waals surface area contributed by atoms with E-state index in [0.717, 1.165) is 0 Å². The van der Waals surface area contributed by atoms with Gasteiger partial charge < -0.3 is 4.18 Å². The van der Waals surface area contributed by atoms with Gasteiger partial charge in [-0.05, 0) is 13.3 Å². The van der Waals surface area contributed by atoms with Crippen molar-refractivity contribution in [2.75, 3.05) is 5.75 Å². The lowest BCUT2D eigenvalue weighted by Crippen LogP contribution is -2.05. The summed E-state index contributed by atoms with van der Waals surface area (Å²) in [6.07, 6.45) is 3.29. The van der Waals surface area contributed by atoms with Crippen LogP contribution in [-0.2, 0) is 14.3 Å². The van der Waals surface area contributed by atoms with Gasteiger partial charge in [-0.1, -0.05) is 13.0 Å². The fourth-order valence-electron chi connectivity index (χ4n) is 0.438. The van der Waals surface area contributed by atoms with E-state index in [-0.39, 0.29) is 5.75 Å². The van der Waals surface area contributed by atoms with E-state index in [2.05, 4.69) is 4.18 Å². The minimum atomic E-state index is -3.28. The molecule has 0 heterocycles. The van der Waals surface area contributed by atoms with Crippen molar-refractivity contribution in [3.8, 4) is 0 Å². The zero-order valence-electron chi connectivity index (χ0n) is 6.20. The Bertz CT molecular complexity index is 191. The molecule has 0 fully saturated rings. The molecule has 4 heteroatoms. The molecule has 0 radical (unpaired) electrons. The third kappa shape index (κ3) is 4.38. The average Bonchev–Trinajstić information content (AvgIpc) is 1.84. The monoisotopic (exact) mass is 164 g/mol. The molecule has 0 spiro atoms. The van der Waals surface area contributed by atoms with Crippen LogP contribution in [0.5, 0.6) is 0 Å². The van der Waals surface area contributed by atoms with E-state index in [4.69, 9.17) is 0 Å². The molecular weight excluding hydrogens is 152 g/mol. The maximum Gasteiger partial charge on any atom is 0.308 e. The molecule has 0 aliphatic carbocycles. The van der Waals surface area contributed by atoms with Crippen molar-refractivity contribution in [2.24, 2.45) is 0 Å². The molecule has 0 unspecified atom stereocenters. The Hall–Kier alpha value is -0.510. The summed E-state index contributed by atoms with van der Waals surface area (Å²) in [6.45, 7) is 3.48. The van der Waals surface area contributed by atoms with E-state index in [0.29, 0.717) is 6.42 Å². The molecule has 0 N–H and O–H groups in total. The molecule has 60 valence electrons. The molecule has 0 aliphatic heterocycles. The van der Waals surface area contributed by atoms with Gasteiger partial charge in [0.2, 0.25) is 0 Å². The van der Waals surface area contributed by atoms with Crippen molar-refractivity contribution in [3.05, 3.63) is 12.3 Å². The van der Waals surface area contributed by atoms with Crippen LogP contribution in [-0.4, -0.2) is 14.2 Å². The molecule has 0 amide bonds. The highest BCUT2D eigenvalue weighted by atomic mass is 32.2. The number of allylic oxidation sites excluding steroid dienone is 1. The van der Waals surface area contributed by atoms with E-state index >= 15 is 0 Å². The summed E-state index contributed by atoms with van der Waals surface area (Å²) < 4.78 is 25.8. The van der Waals surface area contributed by atoms with Crippen LogP contribution in [0.3, 0.4) is 0 Å². The fourth-order valence-corrected chi connectivity index (χ4v) is 1.31. The zero-order chi connectivity index (χ0) is 8.04.